The van der Waals surface area contributed by atoms with Crippen LogP contribution in [0, 0.1) is 23.7 Å². The van der Waals surface area contributed by atoms with Crippen LogP contribution in [0.25, 0.3) is 0 Å². The predicted molar refractivity (Wildman–Crippen MR) is 56.8 cm³/mol. The lowest BCUT2D eigenvalue weighted by Gasteiger charge is -2.39. The van der Waals surface area contributed by atoms with E-state index in [4.69, 9.17) is 5.11 Å². The molecule has 1 saturated carbocycles. The van der Waals surface area contributed by atoms with Crippen molar-refractivity contribution in [2.75, 3.05) is 0 Å². The van der Waals surface area contributed by atoms with E-state index in [0.717, 1.165) is 19.3 Å². The van der Waals surface area contributed by atoms with Gasteiger partial charge in [-0.3, -0.25) is 9.59 Å². The van der Waals surface area contributed by atoms with Crippen molar-refractivity contribution in [1.29, 1.82) is 0 Å². The summed E-state index contributed by atoms with van der Waals surface area (Å²) in [6, 6.07) is 0. The fourth-order valence-corrected chi connectivity index (χ4v) is 3.15. The predicted octanol–water partition coefficient (Wildman–Crippen LogP) is 1.76. The quantitative estimate of drug-likeness (QED) is 0.701. The number of carbonyl (C=O) groups is 2. The number of rotatable bonds is 2. The molecule has 0 aliphatic heterocycles. The summed E-state index contributed by atoms with van der Waals surface area (Å²) in [6.45, 7) is 0. The summed E-state index contributed by atoms with van der Waals surface area (Å²) in [5.41, 5.74) is 0. The summed E-state index contributed by atoms with van der Waals surface area (Å²) in [5.74, 6) is -3.04. The van der Waals surface area contributed by atoms with Gasteiger partial charge in [0.25, 0.3) is 0 Å². The van der Waals surface area contributed by atoms with Crippen LogP contribution in [0.1, 0.15) is 25.7 Å². The van der Waals surface area contributed by atoms with Crippen LogP contribution in [-0.4, -0.2) is 22.2 Å². The van der Waals surface area contributed by atoms with E-state index in [9.17, 15) is 14.7 Å². The molecule has 2 aliphatic carbocycles. The van der Waals surface area contributed by atoms with Gasteiger partial charge in [-0.25, -0.2) is 0 Å². The minimum absolute atomic E-state index is 0.0114. The average Bonchev–Trinajstić information content (AvgIpc) is 2.27. The summed E-state index contributed by atoms with van der Waals surface area (Å²) < 4.78 is 0. The molecule has 88 valence electrons. The Morgan fingerprint density at radius 3 is 2.44 bits per heavy atom. The van der Waals surface area contributed by atoms with Crippen LogP contribution in [0.15, 0.2) is 12.2 Å². The number of carboxylic acid groups (broad SMARTS) is 2. The monoisotopic (exact) mass is 224 g/mol. The molecule has 0 bridgehead atoms. The van der Waals surface area contributed by atoms with Crippen LogP contribution < -0.4 is 0 Å². The Labute approximate surface area is 94.0 Å². The van der Waals surface area contributed by atoms with Crippen molar-refractivity contribution in [2.24, 2.45) is 23.7 Å². The van der Waals surface area contributed by atoms with Crippen molar-refractivity contribution < 1.29 is 19.8 Å². The summed E-state index contributed by atoms with van der Waals surface area (Å²) in [5, 5.41) is 18.3. The van der Waals surface area contributed by atoms with Gasteiger partial charge in [-0.2, -0.15) is 0 Å². The summed E-state index contributed by atoms with van der Waals surface area (Å²) in [4.78, 5) is 22.3. The second-order valence-corrected chi connectivity index (χ2v) is 4.72. The van der Waals surface area contributed by atoms with Gasteiger partial charge in [-0.05, 0) is 37.5 Å². The molecule has 4 unspecified atom stereocenters. The molecule has 0 spiro atoms. The van der Waals surface area contributed by atoms with Gasteiger partial charge in [0.05, 0.1) is 11.8 Å². The van der Waals surface area contributed by atoms with E-state index in [0.29, 0.717) is 6.42 Å². The van der Waals surface area contributed by atoms with Crippen molar-refractivity contribution in [3.8, 4) is 0 Å². The lowest BCUT2D eigenvalue weighted by molar-refractivity contribution is -0.159. The first-order chi connectivity index (χ1) is 7.61. The molecule has 0 aromatic carbocycles. The molecule has 4 nitrogen and oxygen atoms in total. The fourth-order valence-electron chi connectivity index (χ4n) is 3.15. The Hall–Kier alpha value is -1.32. The fraction of sp³-hybridized carbons (Fsp3) is 0.667. The summed E-state index contributed by atoms with van der Waals surface area (Å²) >= 11 is 0. The summed E-state index contributed by atoms with van der Waals surface area (Å²) in [6.07, 6.45) is 7.13. The maximum atomic E-state index is 11.2. The Kier molecular flexibility index (Phi) is 2.99. The molecule has 0 amide bonds. The molecular formula is C12H16O4. The van der Waals surface area contributed by atoms with Gasteiger partial charge in [0.2, 0.25) is 0 Å². The first kappa shape index (κ1) is 11.2. The van der Waals surface area contributed by atoms with Crippen LogP contribution >= 0.6 is 0 Å². The smallest absolute Gasteiger partial charge is 0.307 e. The minimum atomic E-state index is -0.958. The first-order valence-electron chi connectivity index (χ1n) is 5.73. The topological polar surface area (TPSA) is 74.6 Å². The zero-order valence-electron chi connectivity index (χ0n) is 9.00. The molecule has 16 heavy (non-hydrogen) atoms. The minimum Gasteiger partial charge on any atom is -0.481 e. The lowest BCUT2D eigenvalue weighted by atomic mass is 9.63. The number of hydrogen-bond donors (Lipinski definition) is 2. The molecule has 2 rings (SSSR count). The second-order valence-electron chi connectivity index (χ2n) is 4.72. The van der Waals surface area contributed by atoms with Gasteiger partial charge < -0.3 is 10.2 Å². The Morgan fingerprint density at radius 2 is 1.81 bits per heavy atom. The molecule has 0 heterocycles. The van der Waals surface area contributed by atoms with E-state index < -0.39 is 23.8 Å². The highest BCUT2D eigenvalue weighted by Gasteiger charge is 2.46. The zero-order chi connectivity index (χ0) is 11.7. The van der Waals surface area contributed by atoms with E-state index in [-0.39, 0.29) is 11.8 Å². The molecule has 2 N–H and O–H groups in total. The molecule has 0 saturated heterocycles. The molecule has 0 radical (unpaired) electrons. The molecule has 4 atom stereocenters. The van der Waals surface area contributed by atoms with E-state index in [1.807, 2.05) is 0 Å². The van der Waals surface area contributed by atoms with Crippen molar-refractivity contribution in [2.45, 2.75) is 25.7 Å². The van der Waals surface area contributed by atoms with Crippen molar-refractivity contribution in [3.05, 3.63) is 12.2 Å². The standard InChI is InChI=1S/C12H16O4/c13-11(14)9-6-5-7-3-1-2-4-8(7)10(9)12(15)16/h1,3,7-10H,2,4-6H2,(H,13,14)(H,15,16). The van der Waals surface area contributed by atoms with Gasteiger partial charge in [0, 0.05) is 0 Å². The highest BCUT2D eigenvalue weighted by Crippen LogP contribution is 2.44. The Bertz CT molecular complexity index is 334. The number of aliphatic carboxylic acids is 2. The normalized spacial score (nSPS) is 37.8. The third-order valence-electron chi connectivity index (χ3n) is 3.91. The van der Waals surface area contributed by atoms with E-state index in [1.165, 1.54) is 0 Å². The maximum absolute atomic E-state index is 11.2. The zero-order valence-corrected chi connectivity index (χ0v) is 9.00. The number of carboxylic acids is 2. The van der Waals surface area contributed by atoms with E-state index in [1.54, 1.807) is 0 Å². The Morgan fingerprint density at radius 1 is 1.06 bits per heavy atom. The van der Waals surface area contributed by atoms with Gasteiger partial charge in [-0.15, -0.1) is 0 Å². The molecule has 0 aromatic rings. The molecular weight excluding hydrogens is 208 g/mol. The van der Waals surface area contributed by atoms with Gasteiger partial charge >= 0.3 is 11.9 Å². The number of fused-ring (bicyclic) bond motifs is 1. The molecule has 4 heteroatoms. The third kappa shape index (κ3) is 1.84. The summed E-state index contributed by atoms with van der Waals surface area (Å²) in [7, 11) is 0. The van der Waals surface area contributed by atoms with Crippen LogP contribution in [-0.2, 0) is 9.59 Å². The van der Waals surface area contributed by atoms with Gasteiger partial charge in [-0.1, -0.05) is 12.2 Å². The van der Waals surface area contributed by atoms with E-state index >= 15 is 0 Å². The number of allylic oxidation sites excluding steroid dienone is 2. The van der Waals surface area contributed by atoms with Gasteiger partial charge in [0.1, 0.15) is 0 Å². The highest BCUT2D eigenvalue weighted by atomic mass is 16.4. The highest BCUT2D eigenvalue weighted by molar-refractivity contribution is 5.80. The molecule has 0 aromatic heterocycles. The SMILES string of the molecule is O=C(O)C1CCC2C=CCCC2C1C(=O)O. The second kappa shape index (κ2) is 4.28. The largest absolute Gasteiger partial charge is 0.481 e. The van der Waals surface area contributed by atoms with Crippen LogP contribution in [0.2, 0.25) is 0 Å². The maximum Gasteiger partial charge on any atom is 0.307 e. The van der Waals surface area contributed by atoms with Crippen LogP contribution in [0.3, 0.4) is 0 Å². The third-order valence-corrected chi connectivity index (χ3v) is 3.91. The van der Waals surface area contributed by atoms with Gasteiger partial charge in [0.15, 0.2) is 0 Å². The number of hydrogen-bond acceptors (Lipinski definition) is 2. The van der Waals surface area contributed by atoms with Crippen molar-refractivity contribution in [1.82, 2.24) is 0 Å². The molecule has 2 aliphatic rings. The first-order valence-corrected chi connectivity index (χ1v) is 5.73. The van der Waals surface area contributed by atoms with Crippen LogP contribution in [0.5, 0.6) is 0 Å². The van der Waals surface area contributed by atoms with E-state index in [2.05, 4.69) is 12.2 Å². The van der Waals surface area contributed by atoms with Crippen LogP contribution in [0.4, 0.5) is 0 Å². The van der Waals surface area contributed by atoms with Crippen molar-refractivity contribution >= 4 is 11.9 Å². The lowest BCUT2D eigenvalue weighted by Crippen LogP contribution is -2.43. The van der Waals surface area contributed by atoms with Crippen molar-refractivity contribution in [3.63, 3.8) is 0 Å². The average molecular weight is 224 g/mol. The molecule has 1 fully saturated rings. The Balaban J connectivity index is 2.25.